The van der Waals surface area contributed by atoms with Crippen molar-refractivity contribution in [3.8, 4) is 0 Å². The summed E-state index contributed by atoms with van der Waals surface area (Å²) < 4.78 is 13.4. The van der Waals surface area contributed by atoms with E-state index in [2.05, 4.69) is 15.3 Å². The van der Waals surface area contributed by atoms with Gasteiger partial charge in [0.05, 0.1) is 11.0 Å². The summed E-state index contributed by atoms with van der Waals surface area (Å²) in [6, 6.07) is 14.2. The van der Waals surface area contributed by atoms with Gasteiger partial charge in [-0.3, -0.25) is 4.79 Å². The number of amides is 1. The Labute approximate surface area is 127 Å². The highest BCUT2D eigenvalue weighted by molar-refractivity contribution is 5.77. The Balaban J connectivity index is 1.53. The summed E-state index contributed by atoms with van der Waals surface area (Å²) in [5.74, 6) is 0.353. The number of halogens is 1. The number of para-hydroxylation sites is 2. The Morgan fingerprint density at radius 3 is 2.73 bits per heavy atom. The molecule has 2 N–H and O–H groups in total. The van der Waals surface area contributed by atoms with Crippen LogP contribution in [0.1, 0.15) is 17.8 Å². The fourth-order valence-corrected chi connectivity index (χ4v) is 2.28. The number of carbonyl (C=O) groups excluding carboxylic acids is 1. The van der Waals surface area contributed by atoms with Crippen LogP contribution < -0.4 is 5.32 Å². The third-order valence-corrected chi connectivity index (χ3v) is 3.46. The average molecular weight is 297 g/mol. The predicted molar refractivity (Wildman–Crippen MR) is 82.7 cm³/mol. The number of aromatic nitrogens is 2. The maximum absolute atomic E-state index is 13.4. The molecule has 0 aliphatic rings. The summed E-state index contributed by atoms with van der Waals surface area (Å²) >= 11 is 0. The first-order chi connectivity index (χ1) is 10.7. The summed E-state index contributed by atoms with van der Waals surface area (Å²) in [7, 11) is 0. The quantitative estimate of drug-likeness (QED) is 0.760. The Bertz CT molecular complexity index is 764. The summed E-state index contributed by atoms with van der Waals surface area (Å²) in [5, 5.41) is 2.72. The number of fused-ring (bicyclic) bond motifs is 1. The number of hydrogen-bond acceptors (Lipinski definition) is 2. The summed E-state index contributed by atoms with van der Waals surface area (Å²) in [6.45, 7) is 0.200. The van der Waals surface area contributed by atoms with Gasteiger partial charge in [0.15, 0.2) is 0 Å². The fourth-order valence-electron chi connectivity index (χ4n) is 2.28. The second-order valence-corrected chi connectivity index (χ2v) is 5.07. The molecule has 0 radical (unpaired) electrons. The van der Waals surface area contributed by atoms with Gasteiger partial charge in [0.1, 0.15) is 11.6 Å². The zero-order valence-electron chi connectivity index (χ0n) is 12.0. The number of imidazole rings is 1. The molecule has 0 aliphatic carbocycles. The summed E-state index contributed by atoms with van der Waals surface area (Å²) in [4.78, 5) is 19.4. The largest absolute Gasteiger partial charge is 0.352 e. The van der Waals surface area contributed by atoms with Crippen LogP contribution in [0.2, 0.25) is 0 Å². The molecule has 1 heterocycles. The second-order valence-electron chi connectivity index (χ2n) is 5.07. The van der Waals surface area contributed by atoms with Crippen molar-refractivity contribution in [3.63, 3.8) is 0 Å². The van der Waals surface area contributed by atoms with Gasteiger partial charge in [-0.15, -0.1) is 0 Å². The smallest absolute Gasteiger partial charge is 0.220 e. The van der Waals surface area contributed by atoms with E-state index < -0.39 is 0 Å². The molecule has 0 fully saturated rings. The molecule has 0 aliphatic heterocycles. The van der Waals surface area contributed by atoms with Gasteiger partial charge in [-0.1, -0.05) is 30.3 Å². The minimum absolute atomic E-state index is 0.122. The normalized spacial score (nSPS) is 10.8. The van der Waals surface area contributed by atoms with Crippen molar-refractivity contribution in [2.45, 2.75) is 19.4 Å². The lowest BCUT2D eigenvalue weighted by atomic mass is 10.2. The molecule has 3 aromatic rings. The van der Waals surface area contributed by atoms with E-state index in [9.17, 15) is 9.18 Å². The molecule has 0 atom stereocenters. The number of H-pyrrole nitrogens is 1. The zero-order chi connectivity index (χ0) is 15.4. The van der Waals surface area contributed by atoms with Crippen LogP contribution in [0.4, 0.5) is 4.39 Å². The topological polar surface area (TPSA) is 57.8 Å². The maximum atomic E-state index is 13.4. The third-order valence-electron chi connectivity index (χ3n) is 3.46. The van der Waals surface area contributed by atoms with E-state index in [-0.39, 0.29) is 18.3 Å². The van der Waals surface area contributed by atoms with Crippen molar-refractivity contribution in [2.75, 3.05) is 0 Å². The Kier molecular flexibility index (Phi) is 4.14. The number of carbonyl (C=O) groups is 1. The number of aromatic amines is 1. The zero-order valence-corrected chi connectivity index (χ0v) is 12.0. The van der Waals surface area contributed by atoms with Crippen LogP contribution in [0.25, 0.3) is 11.0 Å². The molecule has 0 bridgehead atoms. The Hall–Kier alpha value is -2.69. The molecule has 112 valence electrons. The van der Waals surface area contributed by atoms with Crippen LogP contribution in [0.5, 0.6) is 0 Å². The van der Waals surface area contributed by atoms with Gasteiger partial charge in [0.25, 0.3) is 0 Å². The van der Waals surface area contributed by atoms with Crippen molar-refractivity contribution in [2.24, 2.45) is 0 Å². The van der Waals surface area contributed by atoms with E-state index in [0.717, 1.165) is 16.9 Å². The summed E-state index contributed by atoms with van der Waals surface area (Å²) in [6.07, 6.45) is 0.839. The number of nitrogens with zero attached hydrogens (tertiary/aromatic N) is 1. The molecule has 2 aromatic carbocycles. The molecule has 0 saturated heterocycles. The van der Waals surface area contributed by atoms with Crippen LogP contribution in [-0.4, -0.2) is 15.9 Å². The highest BCUT2D eigenvalue weighted by Crippen LogP contribution is 2.11. The van der Waals surface area contributed by atoms with Crippen molar-refractivity contribution < 1.29 is 9.18 Å². The second kappa shape index (κ2) is 6.39. The molecule has 0 unspecified atom stereocenters. The van der Waals surface area contributed by atoms with Gasteiger partial charge in [0, 0.05) is 24.9 Å². The van der Waals surface area contributed by atoms with Gasteiger partial charge >= 0.3 is 0 Å². The van der Waals surface area contributed by atoms with Gasteiger partial charge in [-0.25, -0.2) is 9.37 Å². The lowest BCUT2D eigenvalue weighted by Gasteiger charge is -2.05. The molecular formula is C17H16FN3O. The van der Waals surface area contributed by atoms with Gasteiger partial charge in [-0.05, 0) is 18.2 Å². The van der Waals surface area contributed by atoms with Crippen molar-refractivity contribution >= 4 is 16.9 Å². The number of rotatable bonds is 5. The Morgan fingerprint density at radius 2 is 1.91 bits per heavy atom. The van der Waals surface area contributed by atoms with E-state index in [4.69, 9.17) is 0 Å². The molecule has 22 heavy (non-hydrogen) atoms. The highest BCUT2D eigenvalue weighted by atomic mass is 19.1. The van der Waals surface area contributed by atoms with Crippen LogP contribution in [-0.2, 0) is 17.8 Å². The molecule has 3 rings (SSSR count). The third kappa shape index (κ3) is 3.31. The van der Waals surface area contributed by atoms with Crippen LogP contribution in [0.15, 0.2) is 48.5 Å². The standard InChI is InChI=1S/C17H16FN3O/c18-13-6-2-1-5-12(13)11-19-17(22)10-9-16-20-14-7-3-4-8-15(14)21-16/h1-8H,9-11H2,(H,19,22)(H,20,21). The van der Waals surface area contributed by atoms with Gasteiger partial charge in [-0.2, -0.15) is 0 Å². The van der Waals surface area contributed by atoms with Crippen molar-refractivity contribution in [3.05, 3.63) is 65.7 Å². The van der Waals surface area contributed by atoms with E-state index in [1.54, 1.807) is 18.2 Å². The van der Waals surface area contributed by atoms with Crippen molar-refractivity contribution in [1.29, 1.82) is 0 Å². The van der Waals surface area contributed by atoms with E-state index in [0.29, 0.717) is 18.4 Å². The number of hydrogen-bond donors (Lipinski definition) is 2. The molecule has 0 saturated carbocycles. The maximum Gasteiger partial charge on any atom is 0.220 e. The first kappa shape index (κ1) is 14.3. The lowest BCUT2D eigenvalue weighted by Crippen LogP contribution is -2.23. The lowest BCUT2D eigenvalue weighted by molar-refractivity contribution is -0.121. The first-order valence-corrected chi connectivity index (χ1v) is 7.16. The molecule has 0 spiro atoms. The SMILES string of the molecule is O=C(CCc1nc2ccccc2[nH]1)NCc1ccccc1F. The van der Waals surface area contributed by atoms with Gasteiger partial charge in [0.2, 0.25) is 5.91 Å². The van der Waals surface area contributed by atoms with E-state index in [1.165, 1.54) is 6.07 Å². The monoisotopic (exact) mass is 297 g/mol. The van der Waals surface area contributed by atoms with E-state index >= 15 is 0 Å². The number of nitrogens with one attached hydrogen (secondary N) is 2. The molecule has 5 heteroatoms. The molecular weight excluding hydrogens is 281 g/mol. The number of aryl methyl sites for hydroxylation is 1. The van der Waals surface area contributed by atoms with Gasteiger partial charge < -0.3 is 10.3 Å². The minimum Gasteiger partial charge on any atom is -0.352 e. The average Bonchev–Trinajstić information content (AvgIpc) is 2.95. The van der Waals surface area contributed by atoms with Crippen LogP contribution in [0, 0.1) is 5.82 Å². The Morgan fingerprint density at radius 1 is 1.14 bits per heavy atom. The van der Waals surface area contributed by atoms with Crippen LogP contribution >= 0.6 is 0 Å². The molecule has 4 nitrogen and oxygen atoms in total. The fraction of sp³-hybridized carbons (Fsp3) is 0.176. The number of benzene rings is 2. The van der Waals surface area contributed by atoms with Crippen molar-refractivity contribution in [1.82, 2.24) is 15.3 Å². The summed E-state index contributed by atoms with van der Waals surface area (Å²) in [5.41, 5.74) is 2.34. The predicted octanol–water partition coefficient (Wildman–Crippen LogP) is 2.95. The first-order valence-electron chi connectivity index (χ1n) is 7.16. The molecule has 1 amide bonds. The van der Waals surface area contributed by atoms with E-state index in [1.807, 2.05) is 24.3 Å². The highest BCUT2D eigenvalue weighted by Gasteiger charge is 2.07. The molecule has 1 aromatic heterocycles. The minimum atomic E-state index is -0.305. The van der Waals surface area contributed by atoms with Crippen LogP contribution in [0.3, 0.4) is 0 Å².